The summed E-state index contributed by atoms with van der Waals surface area (Å²) in [5, 5.41) is 15.8. The molecular formula is C4H3N5S2. The number of nitrogens with one attached hydrogen (secondary N) is 1. The second-order valence-electron chi connectivity index (χ2n) is 1.61. The number of thiazole rings is 1. The molecule has 0 aliphatic heterocycles. The number of hydrogen-bond donors (Lipinski definition) is 1. The molecule has 7 heteroatoms. The van der Waals surface area contributed by atoms with Crippen molar-refractivity contribution in [2.45, 2.75) is 9.50 Å². The van der Waals surface area contributed by atoms with Crippen LogP contribution in [0.4, 0.5) is 0 Å². The van der Waals surface area contributed by atoms with E-state index in [1.54, 1.807) is 17.5 Å². The molecule has 0 bridgehead atoms. The third-order valence-electron chi connectivity index (χ3n) is 0.920. The minimum atomic E-state index is 0.667. The number of hydrogen-bond acceptors (Lipinski definition) is 6. The van der Waals surface area contributed by atoms with Gasteiger partial charge in [0.25, 0.3) is 0 Å². The van der Waals surface area contributed by atoms with Crippen molar-refractivity contribution in [2.75, 3.05) is 0 Å². The first-order chi connectivity index (χ1) is 5.45. The van der Waals surface area contributed by atoms with Gasteiger partial charge in [-0.2, -0.15) is 0 Å². The second-order valence-corrected chi connectivity index (χ2v) is 3.74. The fourth-order valence-electron chi connectivity index (χ4n) is 0.537. The summed E-state index contributed by atoms with van der Waals surface area (Å²) < 4.78 is 0.934. The summed E-state index contributed by atoms with van der Waals surface area (Å²) in [6, 6.07) is 0. The van der Waals surface area contributed by atoms with E-state index in [-0.39, 0.29) is 0 Å². The number of rotatable bonds is 2. The van der Waals surface area contributed by atoms with Crippen LogP contribution in [0.15, 0.2) is 21.1 Å². The number of tetrazole rings is 1. The topological polar surface area (TPSA) is 67.3 Å². The van der Waals surface area contributed by atoms with E-state index in [1.807, 2.05) is 5.38 Å². The average molecular weight is 185 g/mol. The van der Waals surface area contributed by atoms with Gasteiger partial charge >= 0.3 is 0 Å². The quantitative estimate of drug-likeness (QED) is 0.749. The predicted octanol–water partition coefficient (Wildman–Crippen LogP) is 0.807. The first-order valence-corrected chi connectivity index (χ1v) is 4.46. The Hall–Kier alpha value is -0.950. The van der Waals surface area contributed by atoms with E-state index in [0.717, 1.165) is 4.34 Å². The molecule has 0 radical (unpaired) electrons. The van der Waals surface area contributed by atoms with Crippen molar-refractivity contribution in [2.24, 2.45) is 0 Å². The molecule has 2 rings (SSSR count). The maximum atomic E-state index is 4.06. The van der Waals surface area contributed by atoms with E-state index < -0.39 is 0 Å². The largest absolute Gasteiger partial charge is 0.238 e. The molecule has 0 saturated carbocycles. The average Bonchev–Trinajstić information content (AvgIpc) is 2.60. The molecule has 0 spiro atoms. The molecule has 1 N–H and O–H groups in total. The van der Waals surface area contributed by atoms with E-state index in [1.165, 1.54) is 11.8 Å². The molecule has 0 aromatic carbocycles. The Bertz CT molecular complexity index is 269. The van der Waals surface area contributed by atoms with Gasteiger partial charge in [0.2, 0.25) is 5.16 Å². The summed E-state index contributed by atoms with van der Waals surface area (Å²) in [6.45, 7) is 0. The molecule has 11 heavy (non-hydrogen) atoms. The van der Waals surface area contributed by atoms with Crippen molar-refractivity contribution in [3.63, 3.8) is 0 Å². The predicted molar refractivity (Wildman–Crippen MR) is 40.4 cm³/mol. The van der Waals surface area contributed by atoms with Crippen LogP contribution in [-0.4, -0.2) is 25.6 Å². The molecule has 2 heterocycles. The Morgan fingerprint density at radius 3 is 3.18 bits per heavy atom. The van der Waals surface area contributed by atoms with Crippen LogP contribution in [0, 0.1) is 0 Å². The Morgan fingerprint density at radius 1 is 1.55 bits per heavy atom. The van der Waals surface area contributed by atoms with E-state index in [4.69, 9.17) is 0 Å². The van der Waals surface area contributed by atoms with Gasteiger partial charge in [-0.1, -0.05) is 0 Å². The third kappa shape index (κ3) is 1.55. The maximum absolute atomic E-state index is 4.06. The number of nitrogens with zero attached hydrogens (tertiary/aromatic N) is 4. The summed E-state index contributed by atoms with van der Waals surface area (Å²) in [7, 11) is 0. The number of H-pyrrole nitrogens is 1. The molecule has 2 aromatic heterocycles. The molecule has 0 saturated heterocycles. The van der Waals surface area contributed by atoms with Gasteiger partial charge in [-0.15, -0.1) is 16.4 Å². The monoisotopic (exact) mass is 185 g/mol. The van der Waals surface area contributed by atoms with Crippen LogP contribution in [0.2, 0.25) is 0 Å². The fraction of sp³-hybridized carbons (Fsp3) is 0. The number of aromatic amines is 1. The van der Waals surface area contributed by atoms with Crippen LogP contribution < -0.4 is 0 Å². The van der Waals surface area contributed by atoms with Gasteiger partial charge in [-0.3, -0.25) is 0 Å². The van der Waals surface area contributed by atoms with E-state index in [0.29, 0.717) is 5.16 Å². The van der Waals surface area contributed by atoms with Crippen molar-refractivity contribution in [3.05, 3.63) is 11.6 Å². The number of aromatic nitrogens is 5. The minimum Gasteiger partial charge on any atom is -0.238 e. The molecule has 0 fully saturated rings. The molecule has 2 aromatic rings. The Balaban J connectivity index is 2.14. The van der Waals surface area contributed by atoms with Gasteiger partial charge in [-0.05, 0) is 22.2 Å². The lowest BCUT2D eigenvalue weighted by molar-refractivity contribution is 0.881. The Labute approximate surface area is 70.2 Å². The lowest BCUT2D eigenvalue weighted by Gasteiger charge is -1.85. The van der Waals surface area contributed by atoms with Crippen LogP contribution in [0.25, 0.3) is 0 Å². The molecular weight excluding hydrogens is 182 g/mol. The molecule has 0 unspecified atom stereocenters. The van der Waals surface area contributed by atoms with Crippen molar-refractivity contribution < 1.29 is 0 Å². The molecule has 0 aliphatic rings. The van der Waals surface area contributed by atoms with Crippen molar-refractivity contribution in [1.82, 2.24) is 25.6 Å². The second kappa shape index (κ2) is 2.97. The van der Waals surface area contributed by atoms with Crippen molar-refractivity contribution in [3.8, 4) is 0 Å². The Morgan fingerprint density at radius 2 is 2.55 bits per heavy atom. The lowest BCUT2D eigenvalue weighted by Crippen LogP contribution is -1.73. The molecule has 0 atom stereocenters. The van der Waals surface area contributed by atoms with Crippen molar-refractivity contribution >= 4 is 23.1 Å². The van der Waals surface area contributed by atoms with Crippen LogP contribution in [-0.2, 0) is 0 Å². The van der Waals surface area contributed by atoms with Gasteiger partial charge < -0.3 is 0 Å². The minimum absolute atomic E-state index is 0.667. The maximum Gasteiger partial charge on any atom is 0.213 e. The highest BCUT2D eigenvalue weighted by Crippen LogP contribution is 2.24. The smallest absolute Gasteiger partial charge is 0.213 e. The lowest BCUT2D eigenvalue weighted by atomic mass is 11.0. The van der Waals surface area contributed by atoms with Crippen LogP contribution >= 0.6 is 23.1 Å². The highest BCUT2D eigenvalue weighted by molar-refractivity contribution is 8.00. The fourth-order valence-corrected chi connectivity index (χ4v) is 1.94. The first-order valence-electron chi connectivity index (χ1n) is 2.76. The first kappa shape index (κ1) is 6.74. The highest BCUT2D eigenvalue weighted by Gasteiger charge is 2.01. The van der Waals surface area contributed by atoms with Crippen molar-refractivity contribution in [1.29, 1.82) is 0 Å². The van der Waals surface area contributed by atoms with Crippen LogP contribution in [0.3, 0.4) is 0 Å². The van der Waals surface area contributed by atoms with E-state index in [9.17, 15) is 0 Å². The normalized spacial score (nSPS) is 10.2. The third-order valence-corrected chi connectivity index (χ3v) is 2.67. The molecule has 0 aliphatic carbocycles. The van der Waals surface area contributed by atoms with Crippen LogP contribution in [0.1, 0.15) is 0 Å². The zero-order chi connectivity index (χ0) is 7.52. The van der Waals surface area contributed by atoms with E-state index >= 15 is 0 Å². The standard InChI is InChI=1S/C4H3N5S2/c1-2-10-4(5-1)11-3-6-8-9-7-3/h1-2H,(H,6,7,8,9). The zero-order valence-corrected chi connectivity index (χ0v) is 6.89. The van der Waals surface area contributed by atoms with Gasteiger partial charge in [0, 0.05) is 11.6 Å². The van der Waals surface area contributed by atoms with Gasteiger partial charge in [0.05, 0.1) is 0 Å². The Kier molecular flexibility index (Phi) is 1.82. The van der Waals surface area contributed by atoms with Gasteiger partial charge in [0.1, 0.15) is 0 Å². The molecule has 5 nitrogen and oxygen atoms in total. The van der Waals surface area contributed by atoms with Gasteiger partial charge in [0.15, 0.2) is 4.34 Å². The summed E-state index contributed by atoms with van der Waals surface area (Å²) in [6.07, 6.45) is 1.75. The summed E-state index contributed by atoms with van der Waals surface area (Å²) in [4.78, 5) is 4.06. The molecule has 0 amide bonds. The SMILES string of the molecule is c1csc(Sc2nnn[nH]2)n1. The summed E-state index contributed by atoms with van der Waals surface area (Å²) in [5.74, 6) is 0. The van der Waals surface area contributed by atoms with Crippen LogP contribution in [0.5, 0.6) is 0 Å². The van der Waals surface area contributed by atoms with Gasteiger partial charge in [-0.25, -0.2) is 10.1 Å². The highest BCUT2D eigenvalue weighted by atomic mass is 32.2. The summed E-state index contributed by atoms with van der Waals surface area (Å²) >= 11 is 2.97. The summed E-state index contributed by atoms with van der Waals surface area (Å²) in [5.41, 5.74) is 0. The zero-order valence-electron chi connectivity index (χ0n) is 5.26. The van der Waals surface area contributed by atoms with E-state index in [2.05, 4.69) is 25.6 Å². The molecule has 56 valence electrons.